The molecule has 0 spiro atoms. The number of hydrogen-bond donors (Lipinski definition) is 1. The highest BCUT2D eigenvalue weighted by molar-refractivity contribution is 5.46. The first kappa shape index (κ1) is 12.9. The molecule has 0 saturated carbocycles. The maximum absolute atomic E-state index is 4.53. The Bertz CT molecular complexity index is 406. The van der Waals surface area contributed by atoms with Gasteiger partial charge in [0.25, 0.3) is 0 Å². The largest absolute Gasteiger partial charge is 0.354 e. The third-order valence-electron chi connectivity index (χ3n) is 4.33. The average Bonchev–Trinajstić information content (AvgIpc) is 2.93. The van der Waals surface area contributed by atoms with Crippen molar-refractivity contribution in [2.24, 2.45) is 5.92 Å². The summed E-state index contributed by atoms with van der Waals surface area (Å²) < 4.78 is 0. The molecule has 4 nitrogen and oxygen atoms in total. The van der Waals surface area contributed by atoms with Gasteiger partial charge in [0.2, 0.25) is 0 Å². The quantitative estimate of drug-likeness (QED) is 0.882. The minimum Gasteiger partial charge on any atom is -0.354 e. The van der Waals surface area contributed by atoms with E-state index >= 15 is 0 Å². The third-order valence-corrected chi connectivity index (χ3v) is 4.33. The predicted octanol–water partition coefficient (Wildman–Crippen LogP) is 1.12. The number of rotatable bonds is 3. The Morgan fingerprint density at radius 2 is 2.16 bits per heavy atom. The van der Waals surface area contributed by atoms with Crippen molar-refractivity contribution in [1.82, 2.24) is 15.2 Å². The van der Waals surface area contributed by atoms with Crippen LogP contribution < -0.4 is 10.2 Å². The molecule has 0 aromatic carbocycles. The Kier molecular flexibility index (Phi) is 3.99. The van der Waals surface area contributed by atoms with Gasteiger partial charge in [-0.2, -0.15) is 0 Å². The summed E-state index contributed by atoms with van der Waals surface area (Å²) in [6.45, 7) is 10.4. The fourth-order valence-corrected chi connectivity index (χ4v) is 3.19. The van der Waals surface area contributed by atoms with Crippen LogP contribution in [0.4, 0.5) is 5.82 Å². The lowest BCUT2D eigenvalue weighted by Crippen LogP contribution is -2.48. The highest BCUT2D eigenvalue weighted by atomic mass is 15.3. The highest BCUT2D eigenvalue weighted by Crippen LogP contribution is 2.18. The molecule has 0 amide bonds. The molecule has 0 aliphatic carbocycles. The third kappa shape index (κ3) is 3.07. The van der Waals surface area contributed by atoms with Crippen LogP contribution in [0.5, 0.6) is 0 Å². The first-order chi connectivity index (χ1) is 9.33. The normalized spacial score (nSPS) is 24.9. The van der Waals surface area contributed by atoms with Crippen LogP contribution in [0.2, 0.25) is 0 Å². The van der Waals surface area contributed by atoms with Gasteiger partial charge in [0, 0.05) is 38.9 Å². The first-order valence-electron chi connectivity index (χ1n) is 7.42. The van der Waals surface area contributed by atoms with Gasteiger partial charge in [0.05, 0.1) is 0 Å². The number of hydrogen-bond acceptors (Lipinski definition) is 4. The van der Waals surface area contributed by atoms with E-state index in [1.807, 2.05) is 12.3 Å². The molecular weight excluding hydrogens is 236 g/mol. The van der Waals surface area contributed by atoms with Crippen LogP contribution in [0, 0.1) is 12.8 Å². The summed E-state index contributed by atoms with van der Waals surface area (Å²) in [6.07, 6.45) is 3.25. The van der Waals surface area contributed by atoms with Crippen LogP contribution in [-0.4, -0.2) is 55.7 Å². The number of aromatic nitrogens is 1. The lowest BCUT2D eigenvalue weighted by molar-refractivity contribution is 0.224. The van der Waals surface area contributed by atoms with Gasteiger partial charge in [-0.25, -0.2) is 4.98 Å². The Hall–Kier alpha value is -1.13. The summed E-state index contributed by atoms with van der Waals surface area (Å²) in [5.41, 5.74) is 1.29. The fraction of sp³-hybridized carbons (Fsp3) is 0.667. The van der Waals surface area contributed by atoms with E-state index in [4.69, 9.17) is 0 Å². The van der Waals surface area contributed by atoms with E-state index < -0.39 is 0 Å². The van der Waals surface area contributed by atoms with Crippen molar-refractivity contribution in [3.05, 3.63) is 23.9 Å². The maximum atomic E-state index is 4.53. The minimum absolute atomic E-state index is 0.864. The highest BCUT2D eigenvalue weighted by Gasteiger charge is 2.23. The van der Waals surface area contributed by atoms with Crippen molar-refractivity contribution in [1.29, 1.82) is 0 Å². The first-order valence-corrected chi connectivity index (χ1v) is 7.42. The molecule has 104 valence electrons. The molecule has 2 fully saturated rings. The molecule has 0 radical (unpaired) electrons. The van der Waals surface area contributed by atoms with Crippen LogP contribution >= 0.6 is 0 Å². The molecule has 2 saturated heterocycles. The second-order valence-corrected chi connectivity index (χ2v) is 5.79. The molecule has 1 aromatic heterocycles. The molecule has 3 heterocycles. The summed E-state index contributed by atoms with van der Waals surface area (Å²) in [5.74, 6) is 2.04. The number of piperazine rings is 1. The van der Waals surface area contributed by atoms with E-state index in [-0.39, 0.29) is 0 Å². The SMILES string of the molecule is Cc1cccnc1N1CCN(CC2CCNC2)CC1. The molecule has 19 heavy (non-hydrogen) atoms. The Morgan fingerprint density at radius 3 is 2.84 bits per heavy atom. The second kappa shape index (κ2) is 5.88. The summed E-state index contributed by atoms with van der Waals surface area (Å²) >= 11 is 0. The van der Waals surface area contributed by atoms with E-state index in [1.165, 1.54) is 50.5 Å². The zero-order chi connectivity index (χ0) is 13.1. The van der Waals surface area contributed by atoms with E-state index in [9.17, 15) is 0 Å². The second-order valence-electron chi connectivity index (χ2n) is 5.79. The molecular formula is C15H24N4. The fourth-order valence-electron chi connectivity index (χ4n) is 3.19. The van der Waals surface area contributed by atoms with Crippen LogP contribution in [-0.2, 0) is 0 Å². The molecule has 3 rings (SSSR count). The van der Waals surface area contributed by atoms with Gasteiger partial charge in [-0.15, -0.1) is 0 Å². The zero-order valence-corrected chi connectivity index (χ0v) is 11.8. The number of nitrogens with one attached hydrogen (secondary N) is 1. The van der Waals surface area contributed by atoms with Crippen molar-refractivity contribution >= 4 is 5.82 Å². The Labute approximate surface area is 115 Å². The van der Waals surface area contributed by atoms with Crippen molar-refractivity contribution in [3.63, 3.8) is 0 Å². The smallest absolute Gasteiger partial charge is 0.131 e. The monoisotopic (exact) mass is 260 g/mol. The van der Waals surface area contributed by atoms with E-state index in [2.05, 4.69) is 33.1 Å². The van der Waals surface area contributed by atoms with Gasteiger partial charge >= 0.3 is 0 Å². The summed E-state index contributed by atoms with van der Waals surface area (Å²) in [4.78, 5) is 9.57. The lowest BCUT2D eigenvalue weighted by atomic mass is 10.1. The zero-order valence-electron chi connectivity index (χ0n) is 11.8. The van der Waals surface area contributed by atoms with Gasteiger partial charge in [0.1, 0.15) is 5.82 Å². The van der Waals surface area contributed by atoms with Crippen LogP contribution in [0.1, 0.15) is 12.0 Å². The Morgan fingerprint density at radius 1 is 1.32 bits per heavy atom. The number of nitrogens with zero attached hydrogens (tertiary/aromatic N) is 3. The van der Waals surface area contributed by atoms with Crippen LogP contribution in [0.3, 0.4) is 0 Å². The Balaban J connectivity index is 1.53. The predicted molar refractivity (Wildman–Crippen MR) is 78.6 cm³/mol. The maximum Gasteiger partial charge on any atom is 0.131 e. The summed E-state index contributed by atoms with van der Waals surface area (Å²) in [7, 11) is 0. The van der Waals surface area contributed by atoms with E-state index in [0.717, 1.165) is 19.0 Å². The van der Waals surface area contributed by atoms with Crippen molar-refractivity contribution in [2.75, 3.05) is 50.7 Å². The van der Waals surface area contributed by atoms with Gasteiger partial charge in [-0.1, -0.05) is 6.07 Å². The number of pyridine rings is 1. The van der Waals surface area contributed by atoms with Crippen molar-refractivity contribution in [2.45, 2.75) is 13.3 Å². The molecule has 1 N–H and O–H groups in total. The van der Waals surface area contributed by atoms with Crippen LogP contribution in [0.25, 0.3) is 0 Å². The average molecular weight is 260 g/mol. The van der Waals surface area contributed by atoms with Crippen molar-refractivity contribution < 1.29 is 0 Å². The molecule has 0 bridgehead atoms. The topological polar surface area (TPSA) is 31.4 Å². The van der Waals surface area contributed by atoms with E-state index in [1.54, 1.807) is 0 Å². The molecule has 1 aromatic rings. The van der Waals surface area contributed by atoms with E-state index in [0.29, 0.717) is 0 Å². The molecule has 2 aliphatic rings. The lowest BCUT2D eigenvalue weighted by Gasteiger charge is -2.37. The molecule has 1 unspecified atom stereocenters. The molecule has 2 aliphatic heterocycles. The van der Waals surface area contributed by atoms with Gasteiger partial charge < -0.3 is 10.2 Å². The van der Waals surface area contributed by atoms with Crippen LogP contribution in [0.15, 0.2) is 18.3 Å². The number of aryl methyl sites for hydroxylation is 1. The summed E-state index contributed by atoms with van der Waals surface area (Å²) in [6, 6.07) is 4.17. The minimum atomic E-state index is 0.864. The molecule has 4 heteroatoms. The van der Waals surface area contributed by atoms with Gasteiger partial charge in [-0.3, -0.25) is 4.90 Å². The number of anilines is 1. The standard InChI is InChI=1S/C15H24N4/c1-13-3-2-5-17-15(13)19-9-7-18(8-10-19)12-14-4-6-16-11-14/h2-3,5,14,16H,4,6-12H2,1H3. The summed E-state index contributed by atoms with van der Waals surface area (Å²) in [5, 5.41) is 3.46. The van der Waals surface area contributed by atoms with Crippen molar-refractivity contribution in [3.8, 4) is 0 Å². The van der Waals surface area contributed by atoms with Gasteiger partial charge in [-0.05, 0) is 44.0 Å². The molecule has 1 atom stereocenters. The van der Waals surface area contributed by atoms with Gasteiger partial charge in [0.15, 0.2) is 0 Å².